The summed E-state index contributed by atoms with van der Waals surface area (Å²) in [7, 11) is 0. The zero-order valence-corrected chi connectivity index (χ0v) is 15.5. The molecular weight excluding hydrogens is 331 g/mol. The molecule has 0 radical (unpaired) electrons. The van der Waals surface area contributed by atoms with Crippen LogP contribution in [0.1, 0.15) is 52.9 Å². The third kappa shape index (κ3) is 3.51. The maximum atomic E-state index is 12.5. The molecule has 1 N–H and O–H groups in total. The number of nitrogens with zero attached hydrogens (tertiary/aromatic N) is 1. The van der Waals surface area contributed by atoms with Crippen LogP contribution in [-0.4, -0.2) is 22.7 Å². The van der Waals surface area contributed by atoms with E-state index in [0.717, 1.165) is 31.3 Å². The second-order valence-corrected chi connectivity index (χ2v) is 9.02. The number of carbonyl (C=O) groups excluding carboxylic acids is 1. The van der Waals surface area contributed by atoms with Crippen molar-refractivity contribution in [2.45, 2.75) is 63.9 Å². The Balaban J connectivity index is 1.79. The number of aliphatic imine (C=N–C) groups is 1. The van der Waals surface area contributed by atoms with Crippen LogP contribution < -0.4 is 5.32 Å². The first kappa shape index (κ1) is 17.0. The topological polar surface area (TPSA) is 41.5 Å². The van der Waals surface area contributed by atoms with Gasteiger partial charge in [-0.1, -0.05) is 32.4 Å². The van der Waals surface area contributed by atoms with Crippen LogP contribution in [0.3, 0.4) is 0 Å². The van der Waals surface area contributed by atoms with Gasteiger partial charge in [0.1, 0.15) is 11.4 Å². The Morgan fingerprint density at radius 2 is 1.96 bits per heavy atom. The summed E-state index contributed by atoms with van der Waals surface area (Å²) in [6.45, 7) is 6.87. The molecule has 0 bridgehead atoms. The summed E-state index contributed by atoms with van der Waals surface area (Å²) in [5.74, 6) is 0.600. The Morgan fingerprint density at radius 3 is 2.52 bits per heavy atom. The molecule has 1 amide bonds. The van der Waals surface area contributed by atoms with Gasteiger partial charge in [0.2, 0.25) is 0 Å². The van der Waals surface area contributed by atoms with Gasteiger partial charge in [-0.05, 0) is 61.2 Å². The number of carbonyl (C=O) groups is 1. The first-order chi connectivity index (χ1) is 10.7. The van der Waals surface area contributed by atoms with Crippen molar-refractivity contribution in [1.29, 1.82) is 0 Å². The average molecular weight is 355 g/mol. The van der Waals surface area contributed by atoms with E-state index in [1.165, 1.54) is 0 Å². The van der Waals surface area contributed by atoms with Crippen molar-refractivity contribution in [3.63, 3.8) is 0 Å². The highest BCUT2D eigenvalue weighted by Gasteiger charge is 2.44. The first-order valence-electron chi connectivity index (χ1n) is 8.33. The minimum absolute atomic E-state index is 0.0827. The van der Waals surface area contributed by atoms with Crippen LogP contribution >= 0.6 is 23.2 Å². The first-order valence-corrected chi connectivity index (χ1v) is 9.15. The van der Waals surface area contributed by atoms with Crippen molar-refractivity contribution in [2.75, 3.05) is 0 Å². The van der Waals surface area contributed by atoms with E-state index in [4.69, 9.17) is 28.2 Å². The maximum Gasteiger partial charge on any atom is 0.271 e. The minimum atomic E-state index is -0.412. The fourth-order valence-corrected chi connectivity index (χ4v) is 4.51. The summed E-state index contributed by atoms with van der Waals surface area (Å²) in [6, 6.07) is 0. The Kier molecular flexibility index (Phi) is 4.39. The van der Waals surface area contributed by atoms with Crippen molar-refractivity contribution < 1.29 is 4.79 Å². The number of amides is 1. The van der Waals surface area contributed by atoms with E-state index in [2.05, 4.69) is 26.1 Å². The van der Waals surface area contributed by atoms with Crippen LogP contribution in [0.25, 0.3) is 0 Å². The van der Waals surface area contributed by atoms with E-state index in [-0.39, 0.29) is 11.3 Å². The molecule has 126 valence electrons. The predicted molar refractivity (Wildman–Crippen MR) is 96.0 cm³/mol. The molecule has 3 rings (SSSR count). The maximum absolute atomic E-state index is 12.5. The van der Waals surface area contributed by atoms with Gasteiger partial charge in [-0.3, -0.25) is 9.79 Å². The molecule has 3 nitrogen and oxygen atoms in total. The lowest BCUT2D eigenvalue weighted by Gasteiger charge is -2.40. The highest BCUT2D eigenvalue weighted by molar-refractivity contribution is 6.47. The molecule has 1 aliphatic heterocycles. The van der Waals surface area contributed by atoms with Crippen LogP contribution in [0.4, 0.5) is 0 Å². The molecule has 0 aromatic rings. The Morgan fingerprint density at radius 1 is 1.30 bits per heavy atom. The van der Waals surface area contributed by atoms with Gasteiger partial charge in [0, 0.05) is 5.03 Å². The number of allylic oxidation sites excluding steroid dienone is 3. The Labute approximate surface area is 148 Å². The number of halogens is 2. The van der Waals surface area contributed by atoms with Gasteiger partial charge in [-0.25, -0.2) is 0 Å². The molecule has 1 heterocycles. The number of hydrogen-bond donors (Lipinski definition) is 1. The summed E-state index contributed by atoms with van der Waals surface area (Å²) < 4.78 is 0. The zero-order chi connectivity index (χ0) is 16.8. The molecule has 1 saturated carbocycles. The SMILES string of the molecule is CC(C)(C)C1CCC2(CC1)N=C(C1=CC(Cl)=CC(Cl)C1)C(=O)N2. The van der Waals surface area contributed by atoms with Crippen molar-refractivity contribution in [2.24, 2.45) is 16.3 Å². The van der Waals surface area contributed by atoms with Gasteiger partial charge < -0.3 is 5.32 Å². The molecule has 0 aromatic heterocycles. The molecule has 0 saturated heterocycles. The lowest BCUT2D eigenvalue weighted by atomic mass is 9.70. The summed E-state index contributed by atoms with van der Waals surface area (Å²) in [4.78, 5) is 17.3. The second kappa shape index (κ2) is 5.93. The van der Waals surface area contributed by atoms with E-state index in [0.29, 0.717) is 28.5 Å². The zero-order valence-electron chi connectivity index (χ0n) is 14.0. The number of alkyl halides is 1. The quantitative estimate of drug-likeness (QED) is 0.689. The largest absolute Gasteiger partial charge is 0.326 e. The molecule has 23 heavy (non-hydrogen) atoms. The van der Waals surface area contributed by atoms with Gasteiger partial charge in [-0.2, -0.15) is 0 Å². The monoisotopic (exact) mass is 354 g/mol. The fraction of sp³-hybridized carbons (Fsp3) is 0.667. The molecule has 0 aromatic carbocycles. The van der Waals surface area contributed by atoms with Gasteiger partial charge in [0.05, 0.1) is 5.38 Å². The second-order valence-electron chi connectivity index (χ2n) is 8.03. The molecule has 1 spiro atoms. The third-order valence-corrected chi connectivity index (χ3v) is 5.81. The van der Waals surface area contributed by atoms with E-state index < -0.39 is 5.66 Å². The van der Waals surface area contributed by atoms with Crippen molar-refractivity contribution in [3.8, 4) is 0 Å². The molecule has 1 atom stereocenters. The van der Waals surface area contributed by atoms with Crippen LogP contribution in [0.5, 0.6) is 0 Å². The van der Waals surface area contributed by atoms with Gasteiger partial charge in [0.25, 0.3) is 5.91 Å². The van der Waals surface area contributed by atoms with Crippen LogP contribution in [0, 0.1) is 11.3 Å². The molecule has 1 fully saturated rings. The van der Waals surface area contributed by atoms with Crippen LogP contribution in [0.2, 0.25) is 0 Å². The molecule has 5 heteroatoms. The Hall–Kier alpha value is -0.800. The normalized spacial score (nSPS) is 34.8. The van der Waals surface area contributed by atoms with Gasteiger partial charge in [0.15, 0.2) is 0 Å². The smallest absolute Gasteiger partial charge is 0.271 e. The van der Waals surface area contributed by atoms with Gasteiger partial charge >= 0.3 is 0 Å². The van der Waals surface area contributed by atoms with Crippen LogP contribution in [0.15, 0.2) is 27.7 Å². The molecule has 3 aliphatic rings. The summed E-state index contributed by atoms with van der Waals surface area (Å²) in [5.41, 5.74) is 1.28. The van der Waals surface area contributed by atoms with E-state index in [1.807, 2.05) is 6.08 Å². The standard InChI is InChI=1S/C18H24Cl2N2O/c1-17(2,3)12-4-6-18(7-5-12)21-15(16(23)22-18)11-8-13(19)10-14(20)9-11/h8,10,12,14H,4-7,9H2,1-3H3,(H,22,23). The van der Waals surface area contributed by atoms with Crippen LogP contribution in [-0.2, 0) is 4.79 Å². The third-order valence-electron chi connectivity index (χ3n) is 5.30. The number of rotatable bonds is 1. The lowest BCUT2D eigenvalue weighted by Crippen LogP contribution is -2.46. The fourth-order valence-electron chi connectivity index (χ4n) is 3.86. The summed E-state index contributed by atoms with van der Waals surface area (Å²) >= 11 is 12.3. The van der Waals surface area contributed by atoms with E-state index in [9.17, 15) is 4.79 Å². The van der Waals surface area contributed by atoms with Crippen molar-refractivity contribution in [3.05, 3.63) is 22.8 Å². The highest BCUT2D eigenvalue weighted by atomic mass is 35.5. The highest BCUT2D eigenvalue weighted by Crippen LogP contribution is 2.43. The Bertz CT molecular complexity index is 605. The summed E-state index contributed by atoms with van der Waals surface area (Å²) in [5, 5.41) is 3.54. The van der Waals surface area contributed by atoms with Gasteiger partial charge in [-0.15, -0.1) is 11.6 Å². The summed E-state index contributed by atoms with van der Waals surface area (Å²) in [6.07, 6.45) is 8.22. The molecule has 2 aliphatic carbocycles. The average Bonchev–Trinajstić information content (AvgIpc) is 2.74. The lowest BCUT2D eigenvalue weighted by molar-refractivity contribution is -0.115. The van der Waals surface area contributed by atoms with Crippen molar-refractivity contribution >= 4 is 34.8 Å². The van der Waals surface area contributed by atoms with E-state index in [1.54, 1.807) is 6.08 Å². The number of hydrogen-bond acceptors (Lipinski definition) is 2. The number of nitrogens with one attached hydrogen (secondary N) is 1. The molecular formula is C18H24Cl2N2O. The predicted octanol–water partition coefficient (Wildman–Crippen LogP) is 4.55. The molecule has 1 unspecified atom stereocenters. The van der Waals surface area contributed by atoms with E-state index >= 15 is 0 Å². The van der Waals surface area contributed by atoms with Crippen molar-refractivity contribution in [1.82, 2.24) is 5.32 Å². The minimum Gasteiger partial charge on any atom is -0.326 e.